The van der Waals surface area contributed by atoms with Crippen molar-refractivity contribution in [1.82, 2.24) is 4.98 Å². The van der Waals surface area contributed by atoms with Gasteiger partial charge in [0, 0.05) is 44.1 Å². The van der Waals surface area contributed by atoms with Crippen molar-refractivity contribution in [2.24, 2.45) is 5.41 Å². The molecule has 0 radical (unpaired) electrons. The van der Waals surface area contributed by atoms with Gasteiger partial charge in [0.05, 0.1) is 11.0 Å². The number of aromatic nitrogens is 1. The number of rotatable bonds is 3. The Morgan fingerprint density at radius 2 is 1.94 bits per heavy atom. The van der Waals surface area contributed by atoms with Crippen LogP contribution in [-0.2, 0) is 15.8 Å². The maximum atomic E-state index is 13.5. The van der Waals surface area contributed by atoms with Crippen LogP contribution >= 0.6 is 0 Å². The minimum absolute atomic E-state index is 0.0319. The Labute approximate surface area is 184 Å². The van der Waals surface area contributed by atoms with E-state index in [0.717, 1.165) is 36.4 Å². The van der Waals surface area contributed by atoms with E-state index in [9.17, 15) is 22.8 Å². The molecule has 6 nitrogen and oxygen atoms in total. The predicted molar refractivity (Wildman–Crippen MR) is 116 cm³/mol. The molecule has 32 heavy (non-hydrogen) atoms. The highest BCUT2D eigenvalue weighted by Crippen LogP contribution is 2.43. The van der Waals surface area contributed by atoms with Gasteiger partial charge in [-0.1, -0.05) is 0 Å². The summed E-state index contributed by atoms with van der Waals surface area (Å²) in [7, 11) is 0. The van der Waals surface area contributed by atoms with Crippen molar-refractivity contribution in [2.45, 2.75) is 39.3 Å². The smallest absolute Gasteiger partial charge is 0.356 e. The van der Waals surface area contributed by atoms with Gasteiger partial charge in [-0.05, 0) is 62.1 Å². The van der Waals surface area contributed by atoms with Crippen LogP contribution in [0, 0.1) is 12.3 Å². The molecule has 170 valence electrons. The number of piperidine rings is 1. The van der Waals surface area contributed by atoms with Crippen molar-refractivity contribution in [3.8, 4) is 0 Å². The third kappa shape index (κ3) is 4.16. The van der Waals surface area contributed by atoms with Crippen LogP contribution in [0.3, 0.4) is 0 Å². The van der Waals surface area contributed by atoms with Crippen molar-refractivity contribution < 1.29 is 22.8 Å². The van der Waals surface area contributed by atoms with Gasteiger partial charge in [-0.2, -0.15) is 13.2 Å². The fraction of sp³-hybridized carbons (Fsp3) is 0.435. The van der Waals surface area contributed by atoms with Gasteiger partial charge in [0.1, 0.15) is 5.82 Å². The molecule has 0 unspecified atom stereocenters. The SMILES string of the molecule is CC(=O)Nc1ccc(N2CC[C@@]3(CCCN(c4ccc(C(F)(F)F)cn4)C3)C2=O)c(C)c1. The lowest BCUT2D eigenvalue weighted by Crippen LogP contribution is -2.48. The van der Waals surface area contributed by atoms with Crippen molar-refractivity contribution in [2.75, 3.05) is 34.8 Å². The zero-order valence-electron chi connectivity index (χ0n) is 18.0. The molecule has 9 heteroatoms. The van der Waals surface area contributed by atoms with Gasteiger partial charge in [-0.15, -0.1) is 0 Å². The van der Waals surface area contributed by atoms with Gasteiger partial charge in [-0.3, -0.25) is 9.59 Å². The molecule has 2 amide bonds. The average molecular weight is 446 g/mol. The van der Waals surface area contributed by atoms with Crippen molar-refractivity contribution in [1.29, 1.82) is 0 Å². The first kappa shape index (κ1) is 22.1. The highest BCUT2D eigenvalue weighted by atomic mass is 19.4. The minimum Gasteiger partial charge on any atom is -0.356 e. The highest BCUT2D eigenvalue weighted by molar-refractivity contribution is 6.01. The molecule has 1 atom stereocenters. The van der Waals surface area contributed by atoms with E-state index in [-0.39, 0.29) is 11.8 Å². The summed E-state index contributed by atoms with van der Waals surface area (Å²) in [4.78, 5) is 32.5. The quantitative estimate of drug-likeness (QED) is 0.760. The molecular formula is C23H25F3N4O2. The summed E-state index contributed by atoms with van der Waals surface area (Å²) < 4.78 is 38.6. The van der Waals surface area contributed by atoms with Crippen LogP contribution in [0.5, 0.6) is 0 Å². The maximum Gasteiger partial charge on any atom is 0.417 e. The summed E-state index contributed by atoms with van der Waals surface area (Å²) in [6, 6.07) is 7.88. The first-order valence-corrected chi connectivity index (χ1v) is 10.6. The van der Waals surface area contributed by atoms with Crippen LogP contribution in [-0.4, -0.2) is 36.4 Å². The number of benzene rings is 1. The van der Waals surface area contributed by atoms with E-state index in [1.54, 1.807) is 11.0 Å². The summed E-state index contributed by atoms with van der Waals surface area (Å²) in [6.45, 7) is 5.00. The number of aryl methyl sites for hydroxylation is 1. The first-order valence-electron chi connectivity index (χ1n) is 10.6. The molecule has 3 heterocycles. The number of nitrogens with zero attached hydrogens (tertiary/aromatic N) is 3. The number of hydrogen-bond donors (Lipinski definition) is 1. The van der Waals surface area contributed by atoms with E-state index in [2.05, 4.69) is 10.3 Å². The molecule has 4 rings (SSSR count). The number of amides is 2. The summed E-state index contributed by atoms with van der Waals surface area (Å²) in [5.74, 6) is 0.330. The van der Waals surface area contributed by atoms with E-state index in [4.69, 9.17) is 0 Å². The fourth-order valence-corrected chi connectivity index (χ4v) is 4.74. The van der Waals surface area contributed by atoms with E-state index in [1.807, 2.05) is 24.0 Å². The normalized spacial score (nSPS) is 21.3. The van der Waals surface area contributed by atoms with Gasteiger partial charge < -0.3 is 15.1 Å². The van der Waals surface area contributed by atoms with Crippen molar-refractivity contribution in [3.63, 3.8) is 0 Å². The Morgan fingerprint density at radius 1 is 1.16 bits per heavy atom. The third-order valence-corrected chi connectivity index (χ3v) is 6.30. The van der Waals surface area contributed by atoms with Gasteiger partial charge in [0.15, 0.2) is 0 Å². The number of hydrogen-bond acceptors (Lipinski definition) is 4. The fourth-order valence-electron chi connectivity index (χ4n) is 4.74. The number of pyridine rings is 1. The summed E-state index contributed by atoms with van der Waals surface area (Å²) in [5, 5.41) is 2.74. The average Bonchev–Trinajstić information content (AvgIpc) is 3.03. The Hall–Kier alpha value is -3.10. The van der Waals surface area contributed by atoms with Crippen LogP contribution in [0.15, 0.2) is 36.5 Å². The lowest BCUT2D eigenvalue weighted by molar-refractivity contribution is -0.137. The molecule has 1 aromatic carbocycles. The molecule has 0 bridgehead atoms. The van der Waals surface area contributed by atoms with E-state index in [0.29, 0.717) is 37.6 Å². The molecule has 0 aliphatic carbocycles. The Kier molecular flexibility index (Phi) is 5.60. The molecule has 2 aliphatic heterocycles. The number of anilines is 3. The molecule has 1 aromatic heterocycles. The third-order valence-electron chi connectivity index (χ3n) is 6.30. The van der Waals surface area contributed by atoms with Crippen LogP contribution in [0.25, 0.3) is 0 Å². The Morgan fingerprint density at radius 3 is 2.56 bits per heavy atom. The molecule has 2 saturated heterocycles. The summed E-state index contributed by atoms with van der Waals surface area (Å²) >= 11 is 0. The second-order valence-corrected chi connectivity index (χ2v) is 8.60. The molecule has 2 aromatic rings. The molecule has 2 aliphatic rings. The highest BCUT2D eigenvalue weighted by Gasteiger charge is 2.49. The summed E-state index contributed by atoms with van der Waals surface area (Å²) in [6.07, 6.45) is -1.40. The van der Waals surface area contributed by atoms with E-state index < -0.39 is 17.2 Å². The molecule has 1 N–H and O–H groups in total. The Bertz CT molecular complexity index is 1040. The standard InChI is InChI=1S/C23H25F3N4O2/c1-15-12-18(28-16(2)31)5-6-19(15)30-11-9-22(21(30)32)8-3-10-29(14-22)20-7-4-17(13-27-20)23(24,25)26/h4-7,12-13H,3,8-11,14H2,1-2H3,(H,28,31)/t22-/m1/s1. The van der Waals surface area contributed by atoms with Gasteiger partial charge in [-0.25, -0.2) is 4.98 Å². The Balaban J connectivity index is 1.52. The molecule has 2 fully saturated rings. The second kappa shape index (κ2) is 8.11. The largest absolute Gasteiger partial charge is 0.417 e. The zero-order valence-corrected chi connectivity index (χ0v) is 18.0. The van der Waals surface area contributed by atoms with Gasteiger partial charge in [0.25, 0.3) is 0 Å². The van der Waals surface area contributed by atoms with Crippen LogP contribution in [0.4, 0.5) is 30.4 Å². The van der Waals surface area contributed by atoms with Crippen molar-refractivity contribution in [3.05, 3.63) is 47.7 Å². The van der Waals surface area contributed by atoms with E-state index in [1.165, 1.54) is 13.0 Å². The topological polar surface area (TPSA) is 65.5 Å². The predicted octanol–water partition coefficient (Wildman–Crippen LogP) is 4.39. The first-order chi connectivity index (χ1) is 15.1. The maximum absolute atomic E-state index is 13.5. The van der Waals surface area contributed by atoms with Crippen molar-refractivity contribution >= 4 is 29.0 Å². The second-order valence-electron chi connectivity index (χ2n) is 8.60. The number of alkyl halides is 3. The molecular weight excluding hydrogens is 421 g/mol. The molecule has 0 saturated carbocycles. The van der Waals surface area contributed by atoms with Crippen LogP contribution in [0.2, 0.25) is 0 Å². The van der Waals surface area contributed by atoms with Gasteiger partial charge >= 0.3 is 6.18 Å². The lowest BCUT2D eigenvalue weighted by atomic mass is 9.78. The van der Waals surface area contributed by atoms with Gasteiger partial charge in [0.2, 0.25) is 11.8 Å². The minimum atomic E-state index is -4.43. The number of nitrogens with one attached hydrogen (secondary N) is 1. The van der Waals surface area contributed by atoms with E-state index >= 15 is 0 Å². The lowest BCUT2D eigenvalue weighted by Gasteiger charge is -2.39. The van der Waals surface area contributed by atoms with Crippen LogP contribution < -0.4 is 15.1 Å². The molecule has 1 spiro atoms. The zero-order chi connectivity index (χ0) is 23.1. The van der Waals surface area contributed by atoms with Crippen LogP contribution in [0.1, 0.15) is 37.3 Å². The number of carbonyl (C=O) groups is 2. The summed E-state index contributed by atoms with van der Waals surface area (Å²) in [5.41, 5.74) is 1.02. The number of halogens is 3. The monoisotopic (exact) mass is 446 g/mol. The number of carbonyl (C=O) groups excluding carboxylic acids is 2.